The summed E-state index contributed by atoms with van der Waals surface area (Å²) in [6.07, 6.45) is 0. The van der Waals surface area contributed by atoms with Gasteiger partial charge in [-0.05, 0) is 55.2 Å². The number of carbonyl (C=O) groups is 1. The fourth-order valence-corrected chi connectivity index (χ4v) is 3.85. The maximum Gasteiger partial charge on any atom is 0.230 e. The first-order valence-electron chi connectivity index (χ1n) is 10.2. The van der Waals surface area contributed by atoms with Crippen molar-refractivity contribution in [3.05, 3.63) is 59.2 Å². The van der Waals surface area contributed by atoms with Crippen LogP contribution in [0.2, 0.25) is 0 Å². The number of nitrogens with one attached hydrogen (secondary N) is 1. The first-order valence-corrected chi connectivity index (χ1v) is 11.4. The lowest BCUT2D eigenvalue weighted by molar-refractivity contribution is -0.119. The molecule has 30 heavy (non-hydrogen) atoms. The maximum absolute atomic E-state index is 12.6. The van der Waals surface area contributed by atoms with Crippen LogP contribution in [0.15, 0.2) is 42.5 Å². The van der Waals surface area contributed by atoms with Crippen molar-refractivity contribution < 1.29 is 14.3 Å². The van der Waals surface area contributed by atoms with E-state index < -0.39 is 0 Å². The number of carbonyl (C=O) groups excluding carboxylic acids is 1. The van der Waals surface area contributed by atoms with Crippen molar-refractivity contribution in [1.82, 2.24) is 5.32 Å². The molecule has 0 heterocycles. The van der Waals surface area contributed by atoms with Gasteiger partial charge in [0.25, 0.3) is 0 Å². The van der Waals surface area contributed by atoms with E-state index in [0.717, 1.165) is 22.6 Å². The molecule has 0 aliphatic rings. The third kappa shape index (κ3) is 7.00. The van der Waals surface area contributed by atoms with Gasteiger partial charge in [-0.2, -0.15) is 5.26 Å². The second-order valence-corrected chi connectivity index (χ2v) is 8.15. The number of amides is 1. The minimum Gasteiger partial charge on any atom is -0.490 e. The first kappa shape index (κ1) is 23.6. The highest BCUT2D eigenvalue weighted by Crippen LogP contribution is 2.33. The second-order valence-electron chi connectivity index (χ2n) is 7.16. The molecule has 0 aromatic heterocycles. The van der Waals surface area contributed by atoms with Gasteiger partial charge in [0.05, 0.1) is 36.6 Å². The molecular formula is C24H30N2O3S. The quantitative estimate of drug-likeness (QED) is 0.541. The van der Waals surface area contributed by atoms with Crippen LogP contribution in [0.1, 0.15) is 50.4 Å². The molecular weight excluding hydrogens is 396 g/mol. The number of hydrogen-bond acceptors (Lipinski definition) is 5. The minimum absolute atomic E-state index is 0.000750. The molecule has 2 rings (SSSR count). The highest BCUT2D eigenvalue weighted by atomic mass is 32.2. The van der Waals surface area contributed by atoms with Gasteiger partial charge in [-0.1, -0.05) is 32.0 Å². The topological polar surface area (TPSA) is 71.3 Å². The summed E-state index contributed by atoms with van der Waals surface area (Å²) in [6.45, 7) is 9.18. The van der Waals surface area contributed by atoms with Crippen LogP contribution in [0.5, 0.6) is 11.5 Å². The van der Waals surface area contributed by atoms with Gasteiger partial charge in [0.2, 0.25) is 5.91 Å². The lowest BCUT2D eigenvalue weighted by Crippen LogP contribution is -2.33. The van der Waals surface area contributed by atoms with Crippen LogP contribution in [0.4, 0.5) is 0 Å². The molecule has 0 radical (unpaired) electrons. The summed E-state index contributed by atoms with van der Waals surface area (Å²) in [6, 6.07) is 15.3. The predicted molar refractivity (Wildman–Crippen MR) is 122 cm³/mol. The van der Waals surface area contributed by atoms with Gasteiger partial charge in [0.1, 0.15) is 0 Å². The zero-order valence-electron chi connectivity index (χ0n) is 18.1. The summed E-state index contributed by atoms with van der Waals surface area (Å²) in [5.41, 5.74) is 2.74. The minimum atomic E-state index is -0.108. The van der Waals surface area contributed by atoms with Crippen molar-refractivity contribution >= 4 is 17.7 Å². The highest BCUT2D eigenvalue weighted by Gasteiger charge is 2.20. The molecule has 0 spiro atoms. The molecule has 0 saturated heterocycles. The molecule has 2 aromatic carbocycles. The Morgan fingerprint density at radius 3 is 2.33 bits per heavy atom. The fraction of sp³-hybridized carbons (Fsp3) is 0.417. The number of hydrogen-bond donors (Lipinski definition) is 1. The third-order valence-electron chi connectivity index (χ3n) is 4.49. The summed E-state index contributed by atoms with van der Waals surface area (Å²) in [5, 5.41) is 12.0. The fourth-order valence-electron chi connectivity index (χ4n) is 3.05. The summed E-state index contributed by atoms with van der Waals surface area (Å²) in [7, 11) is 0. The smallest absolute Gasteiger partial charge is 0.230 e. The Labute approximate surface area is 183 Å². The Bertz CT molecular complexity index is 860. The summed E-state index contributed by atoms with van der Waals surface area (Å²) in [5.74, 6) is 2.74. The van der Waals surface area contributed by atoms with Gasteiger partial charge in [0.15, 0.2) is 11.5 Å². The van der Waals surface area contributed by atoms with Crippen molar-refractivity contribution in [2.24, 2.45) is 5.92 Å². The van der Waals surface area contributed by atoms with Gasteiger partial charge < -0.3 is 14.8 Å². The van der Waals surface area contributed by atoms with Crippen molar-refractivity contribution in [1.29, 1.82) is 5.26 Å². The van der Waals surface area contributed by atoms with E-state index in [0.29, 0.717) is 30.3 Å². The van der Waals surface area contributed by atoms with Crippen LogP contribution >= 0.6 is 11.8 Å². The average molecular weight is 427 g/mol. The van der Waals surface area contributed by atoms with Crippen LogP contribution < -0.4 is 14.8 Å². The first-order chi connectivity index (χ1) is 14.5. The van der Waals surface area contributed by atoms with Crippen LogP contribution in [-0.2, 0) is 10.5 Å². The van der Waals surface area contributed by atoms with E-state index in [1.165, 1.54) is 0 Å². The molecule has 6 heteroatoms. The van der Waals surface area contributed by atoms with E-state index >= 15 is 0 Å². The van der Waals surface area contributed by atoms with Gasteiger partial charge >= 0.3 is 0 Å². The highest BCUT2D eigenvalue weighted by molar-refractivity contribution is 7.99. The largest absolute Gasteiger partial charge is 0.490 e. The van der Waals surface area contributed by atoms with Gasteiger partial charge in [-0.25, -0.2) is 0 Å². The molecule has 1 amide bonds. The molecule has 160 valence electrons. The SMILES string of the molecule is CCOc1ccc(C(NC(=O)CSCc2ccc(C#N)cc2)C(C)C)cc1OCC. The molecule has 0 aliphatic carbocycles. The number of rotatable bonds is 11. The predicted octanol–water partition coefficient (Wildman–Crippen LogP) is 5.10. The summed E-state index contributed by atoms with van der Waals surface area (Å²) in [4.78, 5) is 12.6. The van der Waals surface area contributed by atoms with E-state index in [9.17, 15) is 4.79 Å². The standard InChI is InChI=1S/C24H30N2O3S/c1-5-28-21-12-11-20(13-22(21)29-6-2)24(17(3)4)26-23(27)16-30-15-19-9-7-18(14-25)8-10-19/h7-13,17,24H,5-6,15-16H2,1-4H3,(H,26,27). The number of ether oxygens (including phenoxy) is 2. The van der Waals surface area contributed by atoms with E-state index in [1.54, 1.807) is 23.9 Å². The molecule has 5 nitrogen and oxygen atoms in total. The van der Waals surface area contributed by atoms with E-state index in [4.69, 9.17) is 14.7 Å². The maximum atomic E-state index is 12.6. The Balaban J connectivity index is 1.99. The van der Waals surface area contributed by atoms with Gasteiger partial charge in [-0.15, -0.1) is 11.8 Å². The number of nitriles is 1. The summed E-state index contributed by atoms with van der Waals surface area (Å²) >= 11 is 1.56. The van der Waals surface area contributed by atoms with Crippen LogP contribution in [0.25, 0.3) is 0 Å². The van der Waals surface area contributed by atoms with E-state index in [1.807, 2.05) is 44.2 Å². The molecule has 1 unspecified atom stereocenters. The zero-order valence-corrected chi connectivity index (χ0v) is 18.9. The molecule has 0 aliphatic heterocycles. The molecule has 2 aromatic rings. The van der Waals surface area contributed by atoms with Crippen LogP contribution in [0.3, 0.4) is 0 Å². The van der Waals surface area contributed by atoms with Crippen molar-refractivity contribution in [2.45, 2.75) is 39.5 Å². The van der Waals surface area contributed by atoms with E-state index in [2.05, 4.69) is 25.2 Å². The van der Waals surface area contributed by atoms with Crippen molar-refractivity contribution in [2.75, 3.05) is 19.0 Å². The lowest BCUT2D eigenvalue weighted by atomic mass is 9.95. The molecule has 1 N–H and O–H groups in total. The molecule has 0 bridgehead atoms. The Kier molecular flexibility index (Phi) is 9.56. The normalized spacial score (nSPS) is 11.6. The monoisotopic (exact) mass is 426 g/mol. The Morgan fingerprint density at radius 2 is 1.73 bits per heavy atom. The zero-order chi connectivity index (χ0) is 21.9. The summed E-state index contributed by atoms with van der Waals surface area (Å²) < 4.78 is 11.4. The van der Waals surface area contributed by atoms with E-state index in [-0.39, 0.29) is 17.9 Å². The number of thioether (sulfide) groups is 1. The molecule has 1 atom stereocenters. The molecule has 0 saturated carbocycles. The van der Waals surface area contributed by atoms with Crippen molar-refractivity contribution in [3.8, 4) is 17.6 Å². The second kappa shape index (κ2) is 12.1. The van der Waals surface area contributed by atoms with Gasteiger partial charge in [0, 0.05) is 5.75 Å². The molecule has 0 fully saturated rings. The Morgan fingerprint density at radius 1 is 1.07 bits per heavy atom. The number of benzene rings is 2. The lowest BCUT2D eigenvalue weighted by Gasteiger charge is -2.24. The number of nitrogens with zero attached hydrogens (tertiary/aromatic N) is 1. The average Bonchev–Trinajstić information content (AvgIpc) is 2.74. The van der Waals surface area contributed by atoms with Crippen LogP contribution in [-0.4, -0.2) is 24.9 Å². The third-order valence-corrected chi connectivity index (χ3v) is 5.50. The Hall–Kier alpha value is -2.65. The van der Waals surface area contributed by atoms with Gasteiger partial charge in [-0.3, -0.25) is 4.79 Å². The van der Waals surface area contributed by atoms with Crippen LogP contribution in [0, 0.1) is 17.2 Å². The van der Waals surface area contributed by atoms with Crippen molar-refractivity contribution in [3.63, 3.8) is 0 Å².